The summed E-state index contributed by atoms with van der Waals surface area (Å²) >= 11 is 0. The van der Waals surface area contributed by atoms with Crippen LogP contribution < -0.4 is 5.32 Å². The lowest BCUT2D eigenvalue weighted by Gasteiger charge is -2.13. The lowest BCUT2D eigenvalue weighted by molar-refractivity contribution is 0.372. The molecular formula is C15H29N3. The number of hydrogen-bond acceptors (Lipinski definition) is 2. The molecule has 1 unspecified atom stereocenters. The maximum absolute atomic E-state index is 4.61. The molecule has 18 heavy (non-hydrogen) atoms. The summed E-state index contributed by atoms with van der Waals surface area (Å²) in [5.74, 6) is 2.15. The molecule has 0 aliphatic heterocycles. The average molecular weight is 251 g/mol. The third-order valence-corrected chi connectivity index (χ3v) is 2.93. The highest BCUT2D eigenvalue weighted by atomic mass is 15.3. The van der Waals surface area contributed by atoms with E-state index in [2.05, 4.69) is 62.0 Å². The number of hydrogen-bond donors (Lipinski definition) is 1. The van der Waals surface area contributed by atoms with E-state index in [1.54, 1.807) is 0 Å². The van der Waals surface area contributed by atoms with E-state index in [0.29, 0.717) is 11.8 Å². The Balaban J connectivity index is 2.33. The maximum Gasteiger partial charge on any atom is 0.0762 e. The number of nitrogens with one attached hydrogen (secondary N) is 1. The molecule has 0 spiro atoms. The Morgan fingerprint density at radius 1 is 1.17 bits per heavy atom. The van der Waals surface area contributed by atoms with E-state index >= 15 is 0 Å². The Labute approximate surface area is 112 Å². The summed E-state index contributed by atoms with van der Waals surface area (Å²) < 4.78 is 2.08. The van der Waals surface area contributed by atoms with Crippen LogP contribution in [0.3, 0.4) is 0 Å². The van der Waals surface area contributed by atoms with Crippen LogP contribution in [0.2, 0.25) is 0 Å². The van der Waals surface area contributed by atoms with Crippen LogP contribution in [-0.2, 0) is 13.1 Å². The Hall–Kier alpha value is -0.830. The second-order valence-corrected chi connectivity index (χ2v) is 6.29. The van der Waals surface area contributed by atoms with Gasteiger partial charge in [-0.1, -0.05) is 34.6 Å². The smallest absolute Gasteiger partial charge is 0.0762 e. The molecule has 3 heteroatoms. The van der Waals surface area contributed by atoms with Crippen LogP contribution >= 0.6 is 0 Å². The highest BCUT2D eigenvalue weighted by molar-refractivity contribution is 4.98. The highest BCUT2D eigenvalue weighted by Gasteiger charge is 2.07. The summed E-state index contributed by atoms with van der Waals surface area (Å²) in [6.07, 6.45) is 3.37. The first-order valence-electron chi connectivity index (χ1n) is 7.20. The largest absolute Gasteiger partial charge is 0.311 e. The topological polar surface area (TPSA) is 29.9 Å². The zero-order valence-corrected chi connectivity index (χ0v) is 12.6. The van der Waals surface area contributed by atoms with Gasteiger partial charge in [-0.25, -0.2) is 0 Å². The summed E-state index contributed by atoms with van der Waals surface area (Å²) in [6.45, 7) is 14.3. The third kappa shape index (κ3) is 6.20. The predicted octanol–water partition coefficient (Wildman–Crippen LogP) is 3.31. The van der Waals surface area contributed by atoms with E-state index in [-0.39, 0.29) is 0 Å². The van der Waals surface area contributed by atoms with E-state index in [9.17, 15) is 0 Å². The molecule has 0 bridgehead atoms. The first-order valence-corrected chi connectivity index (χ1v) is 7.20. The second-order valence-electron chi connectivity index (χ2n) is 6.29. The van der Waals surface area contributed by atoms with Crippen LogP contribution in [0.25, 0.3) is 0 Å². The van der Waals surface area contributed by atoms with Crippen molar-refractivity contribution >= 4 is 0 Å². The van der Waals surface area contributed by atoms with Crippen molar-refractivity contribution in [2.24, 2.45) is 17.8 Å². The Kier molecular flexibility index (Phi) is 6.41. The molecule has 0 aromatic carbocycles. The van der Waals surface area contributed by atoms with Crippen molar-refractivity contribution in [3.63, 3.8) is 0 Å². The monoisotopic (exact) mass is 251 g/mol. The van der Waals surface area contributed by atoms with Gasteiger partial charge in [-0.2, -0.15) is 5.10 Å². The molecule has 0 fully saturated rings. The number of nitrogens with zero attached hydrogens (tertiary/aromatic N) is 2. The first-order chi connectivity index (χ1) is 8.47. The summed E-state index contributed by atoms with van der Waals surface area (Å²) in [5.41, 5.74) is 1.15. The summed E-state index contributed by atoms with van der Waals surface area (Å²) in [6, 6.07) is 2.12. The summed E-state index contributed by atoms with van der Waals surface area (Å²) in [4.78, 5) is 0. The highest BCUT2D eigenvalue weighted by Crippen LogP contribution is 2.12. The van der Waals surface area contributed by atoms with Gasteiger partial charge in [0, 0.05) is 19.3 Å². The molecule has 104 valence electrons. The second kappa shape index (κ2) is 7.57. The fraction of sp³-hybridized carbons (Fsp3) is 0.800. The van der Waals surface area contributed by atoms with E-state index in [1.807, 2.05) is 0 Å². The molecule has 0 radical (unpaired) electrons. The SMILES string of the molecule is CC(C)CNCc1ccn(CC(C)CC(C)C)n1. The fourth-order valence-corrected chi connectivity index (χ4v) is 2.29. The Morgan fingerprint density at radius 2 is 1.89 bits per heavy atom. The maximum atomic E-state index is 4.61. The molecule has 3 nitrogen and oxygen atoms in total. The fourth-order valence-electron chi connectivity index (χ4n) is 2.29. The van der Waals surface area contributed by atoms with Crippen molar-refractivity contribution < 1.29 is 0 Å². The minimum absolute atomic E-state index is 0.693. The van der Waals surface area contributed by atoms with Crippen molar-refractivity contribution in [3.05, 3.63) is 18.0 Å². The predicted molar refractivity (Wildman–Crippen MR) is 77.4 cm³/mol. The van der Waals surface area contributed by atoms with Crippen molar-refractivity contribution in [3.8, 4) is 0 Å². The molecule has 0 amide bonds. The molecular weight excluding hydrogens is 222 g/mol. The van der Waals surface area contributed by atoms with Gasteiger partial charge in [0.25, 0.3) is 0 Å². The zero-order valence-electron chi connectivity index (χ0n) is 12.6. The Morgan fingerprint density at radius 3 is 2.50 bits per heavy atom. The first kappa shape index (κ1) is 15.2. The molecule has 0 aliphatic carbocycles. The van der Waals surface area contributed by atoms with Gasteiger partial charge >= 0.3 is 0 Å². The molecule has 1 heterocycles. The Bertz CT molecular complexity index is 328. The van der Waals surface area contributed by atoms with Crippen molar-refractivity contribution in [1.82, 2.24) is 15.1 Å². The van der Waals surface area contributed by atoms with Crippen LogP contribution in [-0.4, -0.2) is 16.3 Å². The number of aromatic nitrogens is 2. The van der Waals surface area contributed by atoms with Crippen molar-refractivity contribution in [2.45, 2.75) is 54.1 Å². The standard InChI is InChI=1S/C15H29N3/c1-12(2)8-14(5)11-18-7-6-15(17-18)10-16-9-13(3)4/h6-7,12-14,16H,8-11H2,1-5H3. The van der Waals surface area contributed by atoms with Crippen LogP contribution in [0.4, 0.5) is 0 Å². The molecule has 0 aliphatic rings. The van der Waals surface area contributed by atoms with Gasteiger partial charge in [0.15, 0.2) is 0 Å². The van der Waals surface area contributed by atoms with Crippen LogP contribution in [0.1, 0.15) is 46.7 Å². The van der Waals surface area contributed by atoms with Gasteiger partial charge in [-0.05, 0) is 36.8 Å². The van der Waals surface area contributed by atoms with Gasteiger partial charge in [-0.3, -0.25) is 4.68 Å². The van der Waals surface area contributed by atoms with Gasteiger partial charge in [-0.15, -0.1) is 0 Å². The van der Waals surface area contributed by atoms with Crippen LogP contribution in [0.5, 0.6) is 0 Å². The summed E-state index contributed by atoms with van der Waals surface area (Å²) in [5, 5.41) is 8.03. The molecule has 1 rings (SSSR count). The van der Waals surface area contributed by atoms with Crippen LogP contribution in [0, 0.1) is 17.8 Å². The molecule has 1 atom stereocenters. The normalized spacial score (nSPS) is 13.5. The average Bonchev–Trinajstić information content (AvgIpc) is 2.63. The van der Waals surface area contributed by atoms with Gasteiger partial charge in [0.05, 0.1) is 5.69 Å². The van der Waals surface area contributed by atoms with E-state index in [1.165, 1.54) is 6.42 Å². The van der Waals surface area contributed by atoms with Gasteiger partial charge in [0.2, 0.25) is 0 Å². The molecule has 1 aromatic heterocycles. The lowest BCUT2D eigenvalue weighted by atomic mass is 9.99. The van der Waals surface area contributed by atoms with E-state index in [4.69, 9.17) is 0 Å². The van der Waals surface area contributed by atoms with Crippen molar-refractivity contribution in [2.75, 3.05) is 6.54 Å². The quantitative estimate of drug-likeness (QED) is 0.768. The summed E-state index contributed by atoms with van der Waals surface area (Å²) in [7, 11) is 0. The number of rotatable bonds is 8. The lowest BCUT2D eigenvalue weighted by Crippen LogP contribution is -2.19. The molecule has 0 saturated heterocycles. The van der Waals surface area contributed by atoms with Gasteiger partial charge < -0.3 is 5.32 Å². The zero-order chi connectivity index (χ0) is 13.5. The van der Waals surface area contributed by atoms with E-state index in [0.717, 1.165) is 31.2 Å². The minimum atomic E-state index is 0.693. The van der Waals surface area contributed by atoms with Crippen LogP contribution in [0.15, 0.2) is 12.3 Å². The molecule has 0 saturated carbocycles. The molecule has 1 N–H and O–H groups in total. The minimum Gasteiger partial charge on any atom is -0.311 e. The van der Waals surface area contributed by atoms with Gasteiger partial charge in [0.1, 0.15) is 0 Å². The van der Waals surface area contributed by atoms with E-state index < -0.39 is 0 Å². The third-order valence-electron chi connectivity index (χ3n) is 2.93. The van der Waals surface area contributed by atoms with Crippen molar-refractivity contribution in [1.29, 1.82) is 0 Å². The molecule has 1 aromatic rings.